The molecule has 0 aliphatic carbocycles. The summed E-state index contributed by atoms with van der Waals surface area (Å²) < 4.78 is 7.62. The Balaban J connectivity index is 1.97. The van der Waals surface area contributed by atoms with Gasteiger partial charge in [-0.25, -0.2) is 0 Å². The molecule has 0 amide bonds. The summed E-state index contributed by atoms with van der Waals surface area (Å²) in [6.45, 7) is 1.96. The molecule has 2 aromatic carbocycles. The lowest BCUT2D eigenvalue weighted by molar-refractivity contribution is -0.707. The Morgan fingerprint density at radius 2 is 1.45 bits per heavy atom. The van der Waals surface area contributed by atoms with Crippen molar-refractivity contribution in [1.82, 2.24) is 9.97 Å². The molecule has 0 aliphatic heterocycles. The fraction of sp³-hybridized carbons (Fsp3) is 0.0556. The Hall–Kier alpha value is -3.01. The van der Waals surface area contributed by atoms with E-state index in [1.165, 1.54) is 0 Å². The maximum atomic E-state index is 5.94. The zero-order valence-corrected chi connectivity index (χ0v) is 12.1. The summed E-state index contributed by atoms with van der Waals surface area (Å²) in [6, 6.07) is 21.9. The van der Waals surface area contributed by atoms with Crippen molar-refractivity contribution in [2.75, 3.05) is 0 Å². The summed E-state index contributed by atoms with van der Waals surface area (Å²) in [7, 11) is 0. The van der Waals surface area contributed by atoms with Crippen LogP contribution in [0.2, 0.25) is 0 Å². The first-order valence-corrected chi connectivity index (χ1v) is 7.13. The second-order valence-corrected chi connectivity index (χ2v) is 5.12. The second kappa shape index (κ2) is 5.07. The predicted molar refractivity (Wildman–Crippen MR) is 83.1 cm³/mol. The first-order chi connectivity index (χ1) is 10.8. The molecule has 0 bridgehead atoms. The van der Waals surface area contributed by atoms with E-state index in [9.17, 15) is 0 Å². The van der Waals surface area contributed by atoms with Crippen molar-refractivity contribution in [3.63, 3.8) is 0 Å². The molecule has 0 radical (unpaired) electrons. The van der Waals surface area contributed by atoms with E-state index in [1.54, 1.807) is 4.57 Å². The second-order valence-electron chi connectivity index (χ2n) is 5.12. The van der Waals surface area contributed by atoms with Crippen LogP contribution in [0.5, 0.6) is 0 Å². The molecule has 0 fully saturated rings. The smallest absolute Gasteiger partial charge is 0.278 e. The van der Waals surface area contributed by atoms with Crippen LogP contribution in [0.4, 0.5) is 0 Å². The maximum Gasteiger partial charge on any atom is 0.474 e. The molecule has 2 heterocycles. The lowest BCUT2D eigenvalue weighted by atomic mass is 10.1. The molecule has 0 unspecified atom stereocenters. The van der Waals surface area contributed by atoms with Gasteiger partial charge in [0.2, 0.25) is 0 Å². The monoisotopic (exact) mass is 288 g/mol. The number of aryl methyl sites for hydroxylation is 1. The summed E-state index contributed by atoms with van der Waals surface area (Å²) in [4.78, 5) is 8.98. The molecule has 22 heavy (non-hydrogen) atoms. The van der Waals surface area contributed by atoms with Crippen LogP contribution in [-0.4, -0.2) is 9.97 Å². The van der Waals surface area contributed by atoms with E-state index in [4.69, 9.17) is 4.52 Å². The van der Waals surface area contributed by atoms with Crippen molar-refractivity contribution < 1.29 is 9.10 Å². The molecule has 0 saturated carbocycles. The Morgan fingerprint density at radius 1 is 0.818 bits per heavy atom. The Bertz CT molecular complexity index is 931. The molecule has 106 valence electrons. The van der Waals surface area contributed by atoms with E-state index in [-0.39, 0.29) is 0 Å². The van der Waals surface area contributed by atoms with Gasteiger partial charge in [0.25, 0.3) is 0 Å². The predicted octanol–water partition coefficient (Wildman–Crippen LogP) is 3.45. The third-order valence-electron chi connectivity index (χ3n) is 3.49. The summed E-state index contributed by atoms with van der Waals surface area (Å²) in [6.07, 6.45) is 0. The number of hydrogen-bond donors (Lipinski definition) is 0. The van der Waals surface area contributed by atoms with Crippen molar-refractivity contribution in [3.05, 3.63) is 72.4 Å². The molecule has 4 heteroatoms. The first-order valence-electron chi connectivity index (χ1n) is 7.13. The van der Waals surface area contributed by atoms with E-state index >= 15 is 0 Å². The van der Waals surface area contributed by atoms with Crippen molar-refractivity contribution in [2.24, 2.45) is 0 Å². The first kappa shape index (κ1) is 12.7. The zero-order valence-electron chi connectivity index (χ0n) is 12.1. The lowest BCUT2D eigenvalue weighted by Gasteiger charge is -1.98. The molecule has 4 nitrogen and oxygen atoms in total. The largest absolute Gasteiger partial charge is 0.474 e. The number of aromatic nitrogens is 3. The van der Waals surface area contributed by atoms with Crippen molar-refractivity contribution in [3.8, 4) is 22.7 Å². The van der Waals surface area contributed by atoms with Crippen LogP contribution in [-0.2, 0) is 0 Å². The third kappa shape index (κ3) is 2.15. The van der Waals surface area contributed by atoms with Gasteiger partial charge < -0.3 is 0 Å². The molecule has 2 aromatic heterocycles. The molecule has 0 atom stereocenters. The van der Waals surface area contributed by atoms with Gasteiger partial charge in [0.05, 0.1) is 5.56 Å². The van der Waals surface area contributed by atoms with Gasteiger partial charge >= 0.3 is 11.7 Å². The van der Waals surface area contributed by atoms with Crippen LogP contribution in [0.3, 0.4) is 0 Å². The molecular formula is C18H14N3O+. The van der Waals surface area contributed by atoms with Crippen LogP contribution >= 0.6 is 0 Å². The molecule has 4 aromatic rings. The molecule has 0 aliphatic rings. The van der Waals surface area contributed by atoms with Gasteiger partial charge in [0, 0.05) is 11.6 Å². The van der Waals surface area contributed by atoms with Crippen molar-refractivity contribution >= 4 is 5.78 Å². The van der Waals surface area contributed by atoms with Gasteiger partial charge in [-0.2, -0.15) is 0 Å². The topological polar surface area (TPSA) is 43.0 Å². The number of fused-ring (bicyclic) bond motifs is 1. The quantitative estimate of drug-likeness (QED) is 0.531. The molecule has 0 saturated heterocycles. The van der Waals surface area contributed by atoms with E-state index in [0.29, 0.717) is 11.7 Å². The fourth-order valence-electron chi connectivity index (χ4n) is 2.47. The van der Waals surface area contributed by atoms with Gasteiger partial charge in [-0.15, -0.1) is 0 Å². The van der Waals surface area contributed by atoms with Crippen LogP contribution in [0.1, 0.15) is 5.69 Å². The summed E-state index contributed by atoms with van der Waals surface area (Å²) in [5.74, 6) is 1.13. The zero-order chi connectivity index (χ0) is 14.9. The van der Waals surface area contributed by atoms with E-state index < -0.39 is 0 Å². The summed E-state index contributed by atoms with van der Waals surface area (Å²) >= 11 is 0. The standard InChI is InChI=1S/C18H14N3O/c1-13-12-16(14-8-4-2-5-9-14)21-18(19-13)20-17(22-21)15-10-6-3-7-11-15/h2-12H,1H3/q+1. The number of hydrogen-bond acceptors (Lipinski definition) is 3. The maximum absolute atomic E-state index is 5.94. The Kier molecular flexibility index (Phi) is 2.93. The van der Waals surface area contributed by atoms with E-state index in [2.05, 4.69) is 9.97 Å². The lowest BCUT2D eigenvalue weighted by Crippen LogP contribution is -2.23. The average molecular weight is 288 g/mol. The normalized spacial score (nSPS) is 11.0. The number of rotatable bonds is 2. The van der Waals surface area contributed by atoms with Gasteiger partial charge in [0.15, 0.2) is 5.69 Å². The van der Waals surface area contributed by atoms with Crippen LogP contribution in [0.25, 0.3) is 28.5 Å². The third-order valence-corrected chi connectivity index (χ3v) is 3.49. The van der Waals surface area contributed by atoms with Crippen LogP contribution in [0.15, 0.2) is 71.3 Å². The van der Waals surface area contributed by atoms with Gasteiger partial charge in [-0.3, -0.25) is 4.52 Å². The van der Waals surface area contributed by atoms with Crippen LogP contribution in [0, 0.1) is 6.92 Å². The molecular weight excluding hydrogens is 274 g/mol. The van der Waals surface area contributed by atoms with Crippen molar-refractivity contribution in [2.45, 2.75) is 6.92 Å². The number of nitrogens with zero attached hydrogens (tertiary/aromatic N) is 3. The SMILES string of the molecule is Cc1cc(-c2ccccc2)[n+]2oc(-c3ccccc3)nc2n1. The van der Waals surface area contributed by atoms with Gasteiger partial charge in [-0.1, -0.05) is 53.5 Å². The van der Waals surface area contributed by atoms with Crippen LogP contribution < -0.4 is 4.57 Å². The molecule has 4 rings (SSSR count). The van der Waals surface area contributed by atoms with E-state index in [0.717, 1.165) is 22.5 Å². The van der Waals surface area contributed by atoms with Gasteiger partial charge in [-0.05, 0) is 28.6 Å². The number of benzene rings is 2. The Labute approximate surface area is 127 Å². The minimum atomic E-state index is 0.566. The minimum absolute atomic E-state index is 0.566. The van der Waals surface area contributed by atoms with E-state index in [1.807, 2.05) is 73.7 Å². The highest BCUT2D eigenvalue weighted by atomic mass is 16.5. The Morgan fingerprint density at radius 3 is 2.14 bits per heavy atom. The summed E-state index contributed by atoms with van der Waals surface area (Å²) in [5, 5.41) is 0. The highest BCUT2D eigenvalue weighted by Crippen LogP contribution is 2.20. The minimum Gasteiger partial charge on any atom is -0.278 e. The van der Waals surface area contributed by atoms with Crippen molar-refractivity contribution in [1.29, 1.82) is 0 Å². The van der Waals surface area contributed by atoms with Gasteiger partial charge in [0.1, 0.15) is 5.69 Å². The average Bonchev–Trinajstić information content (AvgIpc) is 2.99. The molecule has 0 N–H and O–H groups in total. The highest BCUT2D eigenvalue weighted by Gasteiger charge is 2.22. The highest BCUT2D eigenvalue weighted by molar-refractivity contribution is 5.58. The summed E-state index contributed by atoms with van der Waals surface area (Å²) in [5.41, 5.74) is 3.85. The fourth-order valence-corrected chi connectivity index (χ4v) is 2.47. The molecule has 0 spiro atoms.